The number of nitrogens with zero attached hydrogens (tertiary/aromatic N) is 3. The van der Waals surface area contributed by atoms with Gasteiger partial charge in [0.25, 0.3) is 0 Å². The number of nitrogen functional groups attached to an aromatic ring is 1. The summed E-state index contributed by atoms with van der Waals surface area (Å²) in [5, 5.41) is 0. The van der Waals surface area contributed by atoms with Gasteiger partial charge in [0.2, 0.25) is 0 Å². The second kappa shape index (κ2) is 5.67. The molecular formula is C14H18N4S. The molecule has 100 valence electrons. The fourth-order valence-corrected chi connectivity index (χ4v) is 3.42. The number of likely N-dealkylation sites (tertiary alicyclic amines) is 1. The molecule has 5 heteroatoms. The van der Waals surface area contributed by atoms with Crippen molar-refractivity contribution in [2.24, 2.45) is 0 Å². The van der Waals surface area contributed by atoms with Crippen LogP contribution in [0.1, 0.15) is 24.1 Å². The average Bonchev–Trinajstić information content (AvgIpc) is 2.89. The topological polar surface area (TPSA) is 55.0 Å². The van der Waals surface area contributed by atoms with Gasteiger partial charge in [-0.25, -0.2) is 9.97 Å². The van der Waals surface area contributed by atoms with Crippen LogP contribution in [0.15, 0.2) is 24.5 Å². The van der Waals surface area contributed by atoms with Gasteiger partial charge in [0.15, 0.2) is 0 Å². The van der Waals surface area contributed by atoms with Crippen LogP contribution in [0.5, 0.6) is 0 Å². The van der Waals surface area contributed by atoms with E-state index in [2.05, 4.69) is 27.0 Å². The third kappa shape index (κ3) is 3.11. The van der Waals surface area contributed by atoms with Gasteiger partial charge in [-0.3, -0.25) is 4.90 Å². The number of nitrogens with two attached hydrogens (primary N) is 1. The molecule has 1 aliphatic rings. The lowest BCUT2D eigenvalue weighted by atomic mass is 10.1. The Kier molecular flexibility index (Phi) is 3.75. The third-order valence-corrected chi connectivity index (χ3v) is 4.51. The highest BCUT2D eigenvalue weighted by Crippen LogP contribution is 2.27. The molecule has 3 heterocycles. The molecule has 1 fully saturated rings. The SMILES string of the molecule is Nc1cnc(-c2ccc(CN3CCCCC3)s2)cn1. The molecule has 2 N–H and O–H groups in total. The average molecular weight is 274 g/mol. The van der Waals surface area contributed by atoms with Crippen molar-refractivity contribution in [3.8, 4) is 10.6 Å². The van der Waals surface area contributed by atoms with Gasteiger partial charge in [0.05, 0.1) is 23.0 Å². The quantitative estimate of drug-likeness (QED) is 0.935. The van der Waals surface area contributed by atoms with Crippen molar-refractivity contribution in [1.29, 1.82) is 0 Å². The van der Waals surface area contributed by atoms with Crippen molar-refractivity contribution in [2.45, 2.75) is 25.8 Å². The molecule has 0 amide bonds. The number of thiophene rings is 1. The number of anilines is 1. The molecular weight excluding hydrogens is 256 g/mol. The Morgan fingerprint density at radius 1 is 1.11 bits per heavy atom. The zero-order chi connectivity index (χ0) is 13.1. The zero-order valence-corrected chi connectivity index (χ0v) is 11.7. The number of hydrogen-bond donors (Lipinski definition) is 1. The number of rotatable bonds is 3. The molecule has 0 atom stereocenters. The Balaban J connectivity index is 1.70. The minimum atomic E-state index is 0.467. The summed E-state index contributed by atoms with van der Waals surface area (Å²) >= 11 is 1.80. The largest absolute Gasteiger partial charge is 0.382 e. The first kappa shape index (κ1) is 12.6. The normalized spacial score (nSPS) is 16.6. The maximum absolute atomic E-state index is 5.56. The lowest BCUT2D eigenvalue weighted by Gasteiger charge is -2.25. The Labute approximate surface area is 117 Å². The summed E-state index contributed by atoms with van der Waals surface area (Å²) in [6.07, 6.45) is 7.40. The second-order valence-corrected chi connectivity index (χ2v) is 6.10. The van der Waals surface area contributed by atoms with Crippen molar-refractivity contribution in [2.75, 3.05) is 18.8 Å². The minimum Gasteiger partial charge on any atom is -0.382 e. The zero-order valence-electron chi connectivity index (χ0n) is 10.9. The van der Waals surface area contributed by atoms with E-state index >= 15 is 0 Å². The first-order valence-corrected chi connectivity index (χ1v) is 7.52. The third-order valence-electron chi connectivity index (χ3n) is 3.41. The first-order chi connectivity index (χ1) is 9.31. The Hall–Kier alpha value is -1.46. The maximum atomic E-state index is 5.56. The number of aromatic nitrogens is 2. The van der Waals surface area contributed by atoms with Gasteiger partial charge in [0, 0.05) is 11.4 Å². The van der Waals surface area contributed by atoms with E-state index in [0.717, 1.165) is 12.2 Å². The standard InChI is InChI=1S/C14H18N4S/c15-14-9-16-12(8-17-14)13-5-4-11(19-13)10-18-6-2-1-3-7-18/h4-5,8-9H,1-3,6-7,10H2,(H2,15,17). The highest BCUT2D eigenvalue weighted by atomic mass is 32.1. The van der Waals surface area contributed by atoms with Crippen LogP contribution in [0.25, 0.3) is 10.6 Å². The molecule has 1 aliphatic heterocycles. The van der Waals surface area contributed by atoms with E-state index in [4.69, 9.17) is 5.73 Å². The fourth-order valence-electron chi connectivity index (χ4n) is 2.40. The predicted octanol–water partition coefficient (Wildman–Crippen LogP) is 2.77. The highest BCUT2D eigenvalue weighted by Gasteiger charge is 2.12. The van der Waals surface area contributed by atoms with Gasteiger partial charge in [-0.15, -0.1) is 11.3 Å². The summed E-state index contributed by atoms with van der Waals surface area (Å²) in [7, 11) is 0. The van der Waals surface area contributed by atoms with Crippen molar-refractivity contribution in [1.82, 2.24) is 14.9 Å². The Morgan fingerprint density at radius 3 is 2.68 bits per heavy atom. The molecule has 19 heavy (non-hydrogen) atoms. The molecule has 1 saturated heterocycles. The van der Waals surface area contributed by atoms with Crippen molar-refractivity contribution < 1.29 is 0 Å². The number of piperidine rings is 1. The molecule has 2 aromatic rings. The van der Waals surface area contributed by atoms with Crippen LogP contribution < -0.4 is 5.73 Å². The Morgan fingerprint density at radius 2 is 1.95 bits per heavy atom. The van der Waals surface area contributed by atoms with E-state index in [-0.39, 0.29) is 0 Å². The molecule has 4 nitrogen and oxygen atoms in total. The summed E-state index contributed by atoms with van der Waals surface area (Å²) in [5.41, 5.74) is 6.46. The highest BCUT2D eigenvalue weighted by molar-refractivity contribution is 7.15. The van der Waals surface area contributed by atoms with E-state index < -0.39 is 0 Å². The summed E-state index contributed by atoms with van der Waals surface area (Å²) < 4.78 is 0. The van der Waals surface area contributed by atoms with Crippen molar-refractivity contribution in [3.05, 3.63) is 29.4 Å². The molecule has 0 bridgehead atoms. The molecule has 0 saturated carbocycles. The van der Waals surface area contributed by atoms with Gasteiger partial charge < -0.3 is 5.73 Å². The van der Waals surface area contributed by atoms with Gasteiger partial charge in [-0.1, -0.05) is 6.42 Å². The van der Waals surface area contributed by atoms with E-state index in [9.17, 15) is 0 Å². The van der Waals surface area contributed by atoms with E-state index in [1.54, 1.807) is 23.7 Å². The fraction of sp³-hybridized carbons (Fsp3) is 0.429. The van der Waals surface area contributed by atoms with Crippen LogP contribution in [0.3, 0.4) is 0 Å². The second-order valence-electron chi connectivity index (χ2n) is 4.93. The maximum Gasteiger partial charge on any atom is 0.141 e. The van der Waals surface area contributed by atoms with Crippen LogP contribution in [0, 0.1) is 0 Å². The first-order valence-electron chi connectivity index (χ1n) is 6.70. The summed E-state index contributed by atoms with van der Waals surface area (Å²) in [4.78, 5) is 13.5. The summed E-state index contributed by atoms with van der Waals surface area (Å²) in [6.45, 7) is 3.52. The molecule has 0 aromatic carbocycles. The van der Waals surface area contributed by atoms with Crippen LogP contribution in [-0.4, -0.2) is 28.0 Å². The van der Waals surface area contributed by atoms with E-state index in [1.807, 2.05) is 0 Å². The van der Waals surface area contributed by atoms with E-state index in [0.29, 0.717) is 5.82 Å². The van der Waals surface area contributed by atoms with Crippen LogP contribution in [0.2, 0.25) is 0 Å². The molecule has 0 radical (unpaired) electrons. The van der Waals surface area contributed by atoms with Gasteiger partial charge >= 0.3 is 0 Å². The molecule has 0 spiro atoms. The van der Waals surface area contributed by atoms with Crippen LogP contribution >= 0.6 is 11.3 Å². The summed E-state index contributed by atoms with van der Waals surface area (Å²) in [6, 6.07) is 4.33. The van der Waals surface area contributed by atoms with Crippen LogP contribution in [0.4, 0.5) is 5.82 Å². The van der Waals surface area contributed by atoms with Crippen LogP contribution in [-0.2, 0) is 6.54 Å². The Bertz CT molecular complexity index is 529. The van der Waals surface area contributed by atoms with Gasteiger partial charge in [-0.05, 0) is 38.1 Å². The smallest absolute Gasteiger partial charge is 0.141 e. The lowest BCUT2D eigenvalue weighted by Crippen LogP contribution is -2.28. The van der Waals surface area contributed by atoms with E-state index in [1.165, 1.54) is 42.1 Å². The monoisotopic (exact) mass is 274 g/mol. The lowest BCUT2D eigenvalue weighted by molar-refractivity contribution is 0.222. The molecule has 2 aromatic heterocycles. The minimum absolute atomic E-state index is 0.467. The number of hydrogen-bond acceptors (Lipinski definition) is 5. The molecule has 0 aliphatic carbocycles. The van der Waals surface area contributed by atoms with Gasteiger partial charge in [-0.2, -0.15) is 0 Å². The molecule has 0 unspecified atom stereocenters. The molecule has 3 rings (SSSR count). The summed E-state index contributed by atoms with van der Waals surface area (Å²) in [5.74, 6) is 0.467. The van der Waals surface area contributed by atoms with Crippen molar-refractivity contribution in [3.63, 3.8) is 0 Å². The van der Waals surface area contributed by atoms with Crippen molar-refractivity contribution >= 4 is 17.2 Å². The van der Waals surface area contributed by atoms with Gasteiger partial charge in [0.1, 0.15) is 5.82 Å². The predicted molar refractivity (Wildman–Crippen MR) is 78.9 cm³/mol.